The van der Waals surface area contributed by atoms with E-state index in [9.17, 15) is 0 Å². The summed E-state index contributed by atoms with van der Waals surface area (Å²) >= 11 is 0. The Hall–Kier alpha value is -0.160. The van der Waals surface area contributed by atoms with Crippen LogP contribution in [0.5, 0.6) is 0 Å². The fraction of sp³-hybridized carbons (Fsp3) is 1.00. The largest absolute Gasteiger partial charge is 0.381 e. The molecule has 4 nitrogen and oxygen atoms in total. The fourth-order valence-corrected chi connectivity index (χ4v) is 3.07. The van der Waals surface area contributed by atoms with Gasteiger partial charge in [0.2, 0.25) is 0 Å². The van der Waals surface area contributed by atoms with Gasteiger partial charge in [0.15, 0.2) is 0 Å². The molecule has 16 heavy (non-hydrogen) atoms. The van der Waals surface area contributed by atoms with Crippen LogP contribution in [0.4, 0.5) is 0 Å². The highest BCUT2D eigenvalue weighted by Crippen LogP contribution is 2.27. The van der Waals surface area contributed by atoms with Gasteiger partial charge in [0.25, 0.3) is 0 Å². The molecule has 2 aliphatic rings. The van der Waals surface area contributed by atoms with Crippen LogP contribution in [-0.2, 0) is 9.47 Å². The Bertz CT molecular complexity index is 225. The molecule has 2 heterocycles. The van der Waals surface area contributed by atoms with Crippen molar-refractivity contribution in [2.45, 2.75) is 50.5 Å². The Kier molecular flexibility index (Phi) is 4.19. The van der Waals surface area contributed by atoms with Crippen molar-refractivity contribution in [3.8, 4) is 0 Å². The number of hydrogen-bond acceptors (Lipinski definition) is 4. The van der Waals surface area contributed by atoms with Crippen LogP contribution in [0.1, 0.15) is 26.2 Å². The van der Waals surface area contributed by atoms with Gasteiger partial charge < -0.3 is 15.2 Å². The van der Waals surface area contributed by atoms with E-state index in [0.29, 0.717) is 24.3 Å². The average molecular weight is 228 g/mol. The number of ether oxygens (including phenoxy) is 2. The van der Waals surface area contributed by atoms with E-state index in [-0.39, 0.29) is 0 Å². The van der Waals surface area contributed by atoms with Crippen LogP contribution in [0.25, 0.3) is 0 Å². The molecule has 0 bridgehead atoms. The third-order valence-corrected chi connectivity index (χ3v) is 4.08. The summed E-state index contributed by atoms with van der Waals surface area (Å²) in [7, 11) is 1.80. The quantitative estimate of drug-likeness (QED) is 0.768. The predicted octanol–water partition coefficient (Wildman–Crippen LogP) is 0.602. The first-order valence-electron chi connectivity index (χ1n) is 6.36. The van der Waals surface area contributed by atoms with Crippen LogP contribution in [0, 0.1) is 0 Å². The Morgan fingerprint density at radius 1 is 1.44 bits per heavy atom. The van der Waals surface area contributed by atoms with Crippen molar-refractivity contribution in [1.82, 2.24) is 4.90 Å². The summed E-state index contributed by atoms with van der Waals surface area (Å²) in [5.41, 5.74) is 5.89. The number of piperidine rings is 1. The number of nitrogens with two attached hydrogens (primary N) is 1. The second-order valence-electron chi connectivity index (χ2n) is 4.94. The summed E-state index contributed by atoms with van der Waals surface area (Å²) in [5, 5.41) is 0. The second-order valence-corrected chi connectivity index (χ2v) is 4.94. The van der Waals surface area contributed by atoms with Crippen LogP contribution in [0.15, 0.2) is 0 Å². The van der Waals surface area contributed by atoms with Gasteiger partial charge in [0.1, 0.15) is 0 Å². The molecule has 4 unspecified atom stereocenters. The van der Waals surface area contributed by atoms with Gasteiger partial charge in [-0.25, -0.2) is 0 Å². The Morgan fingerprint density at radius 2 is 2.25 bits per heavy atom. The number of hydrogen-bond donors (Lipinski definition) is 1. The highest BCUT2D eigenvalue weighted by molar-refractivity contribution is 4.91. The molecule has 4 heteroatoms. The zero-order valence-corrected chi connectivity index (χ0v) is 10.4. The molecule has 0 aliphatic carbocycles. The maximum Gasteiger partial charge on any atom is 0.0703 e. The van der Waals surface area contributed by atoms with Crippen LogP contribution >= 0.6 is 0 Å². The van der Waals surface area contributed by atoms with E-state index in [4.69, 9.17) is 15.2 Å². The van der Waals surface area contributed by atoms with E-state index in [0.717, 1.165) is 39.0 Å². The minimum atomic E-state index is 0.355. The maximum atomic E-state index is 5.89. The van der Waals surface area contributed by atoms with Gasteiger partial charge in [-0.1, -0.05) is 0 Å². The average Bonchev–Trinajstić information content (AvgIpc) is 2.74. The van der Waals surface area contributed by atoms with Crippen LogP contribution in [0.2, 0.25) is 0 Å². The molecule has 0 radical (unpaired) electrons. The third kappa shape index (κ3) is 2.40. The normalized spacial score (nSPS) is 41.4. The summed E-state index contributed by atoms with van der Waals surface area (Å²) in [5.74, 6) is 0. The molecule has 0 amide bonds. The molecular weight excluding hydrogens is 204 g/mol. The molecule has 2 N–H and O–H groups in total. The summed E-state index contributed by atoms with van der Waals surface area (Å²) in [4.78, 5) is 2.55. The topological polar surface area (TPSA) is 47.7 Å². The third-order valence-electron chi connectivity index (χ3n) is 4.08. The molecule has 4 atom stereocenters. The number of rotatable bonds is 3. The number of likely N-dealkylation sites (tertiary alicyclic amines) is 1. The van der Waals surface area contributed by atoms with E-state index in [1.165, 1.54) is 0 Å². The van der Waals surface area contributed by atoms with E-state index < -0.39 is 0 Å². The van der Waals surface area contributed by atoms with Gasteiger partial charge in [-0.3, -0.25) is 4.90 Å². The monoisotopic (exact) mass is 228 g/mol. The summed E-state index contributed by atoms with van der Waals surface area (Å²) < 4.78 is 11.1. The first-order valence-corrected chi connectivity index (χ1v) is 6.36. The van der Waals surface area contributed by atoms with Gasteiger partial charge in [0, 0.05) is 38.9 Å². The molecule has 94 valence electrons. The van der Waals surface area contributed by atoms with Gasteiger partial charge in [0.05, 0.1) is 12.2 Å². The van der Waals surface area contributed by atoms with Crippen molar-refractivity contribution in [3.63, 3.8) is 0 Å². The molecule has 2 rings (SSSR count). The Labute approximate surface area is 98.1 Å². The molecule has 0 saturated carbocycles. The van der Waals surface area contributed by atoms with E-state index in [1.807, 2.05) is 0 Å². The van der Waals surface area contributed by atoms with E-state index in [2.05, 4.69) is 11.8 Å². The minimum Gasteiger partial charge on any atom is -0.381 e. The summed E-state index contributed by atoms with van der Waals surface area (Å²) in [6, 6.07) is 1.03. The number of methoxy groups -OCH3 is 1. The lowest BCUT2D eigenvalue weighted by molar-refractivity contribution is -0.0189. The van der Waals surface area contributed by atoms with Crippen molar-refractivity contribution >= 4 is 0 Å². The highest BCUT2D eigenvalue weighted by atomic mass is 16.5. The predicted molar refractivity (Wildman–Crippen MR) is 63.4 cm³/mol. The van der Waals surface area contributed by atoms with Gasteiger partial charge in [-0.15, -0.1) is 0 Å². The zero-order valence-electron chi connectivity index (χ0n) is 10.4. The van der Waals surface area contributed by atoms with Crippen LogP contribution in [0.3, 0.4) is 0 Å². The Balaban J connectivity index is 1.98. The smallest absolute Gasteiger partial charge is 0.0703 e. The molecule has 2 saturated heterocycles. The highest BCUT2D eigenvalue weighted by Gasteiger charge is 2.37. The lowest BCUT2D eigenvalue weighted by Crippen LogP contribution is -2.54. The second kappa shape index (κ2) is 5.45. The summed E-state index contributed by atoms with van der Waals surface area (Å²) in [6.45, 7) is 4.89. The zero-order chi connectivity index (χ0) is 11.5. The van der Waals surface area contributed by atoms with E-state index in [1.54, 1.807) is 7.11 Å². The van der Waals surface area contributed by atoms with Crippen molar-refractivity contribution in [1.29, 1.82) is 0 Å². The van der Waals surface area contributed by atoms with Crippen molar-refractivity contribution < 1.29 is 9.47 Å². The molecular formula is C12H24N2O2. The number of nitrogens with zero attached hydrogens (tertiary/aromatic N) is 1. The van der Waals surface area contributed by atoms with Gasteiger partial charge >= 0.3 is 0 Å². The standard InChI is InChI=1S/C12H24N2O2/c1-9-12(4-6-16-9)14-5-3-11(15-2)7-10(14)8-13/h9-12H,3-8,13H2,1-2H3. The fourth-order valence-electron chi connectivity index (χ4n) is 3.07. The lowest BCUT2D eigenvalue weighted by atomic mass is 9.95. The first-order chi connectivity index (χ1) is 7.76. The maximum absolute atomic E-state index is 5.89. The van der Waals surface area contributed by atoms with Crippen LogP contribution < -0.4 is 5.73 Å². The minimum absolute atomic E-state index is 0.355. The van der Waals surface area contributed by atoms with Gasteiger partial charge in [-0.2, -0.15) is 0 Å². The first kappa shape index (κ1) is 12.3. The molecule has 0 spiro atoms. The molecule has 0 aromatic heterocycles. The van der Waals surface area contributed by atoms with Gasteiger partial charge in [-0.05, 0) is 26.2 Å². The van der Waals surface area contributed by atoms with Crippen molar-refractivity contribution in [2.24, 2.45) is 5.73 Å². The van der Waals surface area contributed by atoms with Crippen LogP contribution in [-0.4, -0.2) is 56.0 Å². The molecule has 2 aliphatic heterocycles. The van der Waals surface area contributed by atoms with E-state index >= 15 is 0 Å². The summed E-state index contributed by atoms with van der Waals surface area (Å²) in [6.07, 6.45) is 4.08. The molecule has 0 aromatic carbocycles. The van der Waals surface area contributed by atoms with Crippen molar-refractivity contribution in [3.05, 3.63) is 0 Å². The Morgan fingerprint density at radius 3 is 2.81 bits per heavy atom. The SMILES string of the molecule is COC1CCN(C2CCOC2C)C(CN)C1. The molecule has 2 fully saturated rings. The van der Waals surface area contributed by atoms with Crippen molar-refractivity contribution in [2.75, 3.05) is 26.8 Å². The molecule has 0 aromatic rings. The lowest BCUT2D eigenvalue weighted by Gasteiger charge is -2.42.